The monoisotopic (exact) mass is 219 g/mol. The van der Waals surface area contributed by atoms with Crippen LogP contribution in [-0.2, 0) is 0 Å². The molecule has 84 valence electrons. The number of nitrogens with zero attached hydrogens (tertiary/aromatic N) is 2. The van der Waals surface area contributed by atoms with Gasteiger partial charge in [0.1, 0.15) is 0 Å². The van der Waals surface area contributed by atoms with Gasteiger partial charge in [-0.1, -0.05) is 0 Å². The van der Waals surface area contributed by atoms with Crippen molar-refractivity contribution in [1.29, 1.82) is 0 Å². The highest BCUT2D eigenvalue weighted by atomic mass is 19.1. The number of nitrogens with two attached hydrogens (primary N) is 1. The standard InChI is InChI=1S/C7H10FN3O4/c1-14-5-4(2-10-6(9)11-5)15-7(12,13)3-8/h2,12-13H,3H2,1H3,(H2,9,10,11). The predicted octanol–water partition coefficient (Wildman–Crippen LogP) is -0.946. The van der Waals surface area contributed by atoms with Crippen molar-refractivity contribution in [2.24, 2.45) is 0 Å². The molecule has 1 rings (SSSR count). The third-order valence-corrected chi connectivity index (χ3v) is 1.38. The fourth-order valence-electron chi connectivity index (χ4n) is 0.788. The summed E-state index contributed by atoms with van der Waals surface area (Å²) in [5.74, 6) is -3.37. The van der Waals surface area contributed by atoms with Gasteiger partial charge in [0, 0.05) is 0 Å². The number of hydrogen-bond acceptors (Lipinski definition) is 7. The lowest BCUT2D eigenvalue weighted by Gasteiger charge is -2.19. The van der Waals surface area contributed by atoms with E-state index in [0.29, 0.717) is 0 Å². The van der Waals surface area contributed by atoms with Crippen LogP contribution in [-0.4, -0.2) is 39.9 Å². The van der Waals surface area contributed by atoms with Crippen LogP contribution in [0.4, 0.5) is 10.3 Å². The lowest BCUT2D eigenvalue weighted by Crippen LogP contribution is -2.38. The van der Waals surface area contributed by atoms with Crippen LogP contribution in [0.15, 0.2) is 6.20 Å². The average molecular weight is 219 g/mol. The number of aromatic nitrogens is 2. The van der Waals surface area contributed by atoms with Crippen molar-refractivity contribution in [3.63, 3.8) is 0 Å². The van der Waals surface area contributed by atoms with Crippen molar-refractivity contribution in [1.82, 2.24) is 9.97 Å². The van der Waals surface area contributed by atoms with Gasteiger partial charge in [-0.15, -0.1) is 0 Å². The van der Waals surface area contributed by atoms with Crippen molar-refractivity contribution >= 4 is 5.95 Å². The average Bonchev–Trinajstić information content (AvgIpc) is 2.20. The Morgan fingerprint density at radius 1 is 1.60 bits per heavy atom. The summed E-state index contributed by atoms with van der Waals surface area (Å²) in [7, 11) is 1.26. The smallest absolute Gasteiger partial charge is 0.352 e. The normalized spacial score (nSPS) is 11.2. The van der Waals surface area contributed by atoms with Gasteiger partial charge in [-0.25, -0.2) is 9.37 Å². The highest BCUT2D eigenvalue weighted by molar-refractivity contribution is 5.35. The molecule has 1 aromatic heterocycles. The molecule has 0 bridgehead atoms. The molecule has 8 heteroatoms. The molecule has 0 saturated carbocycles. The minimum Gasteiger partial charge on any atom is -0.478 e. The van der Waals surface area contributed by atoms with Gasteiger partial charge in [0.25, 0.3) is 5.88 Å². The number of methoxy groups -OCH3 is 1. The fraction of sp³-hybridized carbons (Fsp3) is 0.429. The molecule has 0 unspecified atom stereocenters. The van der Waals surface area contributed by atoms with Gasteiger partial charge in [-0.05, 0) is 0 Å². The van der Waals surface area contributed by atoms with Crippen LogP contribution in [0.2, 0.25) is 0 Å². The first-order valence-electron chi connectivity index (χ1n) is 3.85. The largest absolute Gasteiger partial charge is 0.478 e. The zero-order valence-electron chi connectivity index (χ0n) is 7.85. The quantitative estimate of drug-likeness (QED) is 0.560. The molecule has 0 aromatic carbocycles. The molecule has 1 heterocycles. The van der Waals surface area contributed by atoms with E-state index in [1.54, 1.807) is 0 Å². The first-order valence-corrected chi connectivity index (χ1v) is 3.85. The maximum absolute atomic E-state index is 12.0. The molecule has 1 aromatic rings. The second kappa shape index (κ2) is 4.24. The van der Waals surface area contributed by atoms with Gasteiger partial charge < -0.3 is 25.4 Å². The molecular formula is C7H10FN3O4. The molecule has 7 nitrogen and oxygen atoms in total. The predicted molar refractivity (Wildman–Crippen MR) is 46.8 cm³/mol. The van der Waals surface area contributed by atoms with E-state index in [0.717, 1.165) is 6.20 Å². The van der Waals surface area contributed by atoms with E-state index in [9.17, 15) is 4.39 Å². The molecule has 0 radical (unpaired) electrons. The number of halogens is 1. The molecule has 0 atom stereocenters. The van der Waals surface area contributed by atoms with E-state index in [4.69, 9.17) is 20.7 Å². The maximum Gasteiger partial charge on any atom is 0.352 e. The summed E-state index contributed by atoms with van der Waals surface area (Å²) in [5, 5.41) is 17.8. The van der Waals surface area contributed by atoms with Crippen LogP contribution in [0.3, 0.4) is 0 Å². The zero-order valence-corrected chi connectivity index (χ0v) is 7.85. The molecule has 0 aliphatic rings. The third-order valence-electron chi connectivity index (χ3n) is 1.38. The van der Waals surface area contributed by atoms with Gasteiger partial charge in [-0.3, -0.25) is 0 Å². The van der Waals surface area contributed by atoms with Gasteiger partial charge >= 0.3 is 5.97 Å². The lowest BCUT2D eigenvalue weighted by molar-refractivity contribution is -0.298. The number of anilines is 1. The molecule has 0 amide bonds. The van der Waals surface area contributed by atoms with Crippen LogP contribution in [0, 0.1) is 0 Å². The Balaban J connectivity index is 2.94. The Labute approximate surface area is 84.3 Å². The first kappa shape index (κ1) is 11.4. The van der Waals surface area contributed by atoms with E-state index >= 15 is 0 Å². The Kier molecular flexibility index (Phi) is 3.22. The number of ether oxygens (including phenoxy) is 2. The second-order valence-electron chi connectivity index (χ2n) is 2.58. The minimum atomic E-state index is -2.94. The number of alkyl halides is 1. The Morgan fingerprint density at radius 3 is 2.80 bits per heavy atom. The van der Waals surface area contributed by atoms with Crippen LogP contribution in [0.25, 0.3) is 0 Å². The molecule has 0 aliphatic carbocycles. The van der Waals surface area contributed by atoms with Crippen molar-refractivity contribution in [2.75, 3.05) is 19.5 Å². The fourth-order valence-corrected chi connectivity index (χ4v) is 0.788. The van der Waals surface area contributed by atoms with Crippen LogP contribution < -0.4 is 15.2 Å². The van der Waals surface area contributed by atoms with Crippen LogP contribution in [0.5, 0.6) is 11.6 Å². The van der Waals surface area contributed by atoms with Crippen molar-refractivity contribution in [2.45, 2.75) is 5.97 Å². The third kappa shape index (κ3) is 2.89. The summed E-state index contributed by atoms with van der Waals surface area (Å²) >= 11 is 0. The summed E-state index contributed by atoms with van der Waals surface area (Å²) in [6.45, 7) is -1.51. The summed E-state index contributed by atoms with van der Waals surface area (Å²) < 4.78 is 21.2. The highest BCUT2D eigenvalue weighted by Gasteiger charge is 2.27. The van der Waals surface area contributed by atoms with Crippen LogP contribution in [0.1, 0.15) is 0 Å². The summed E-state index contributed by atoms with van der Waals surface area (Å²) in [6.07, 6.45) is 1.04. The van der Waals surface area contributed by atoms with Gasteiger partial charge in [0.05, 0.1) is 13.3 Å². The molecule has 15 heavy (non-hydrogen) atoms. The van der Waals surface area contributed by atoms with E-state index in [2.05, 4.69) is 14.7 Å². The topological polar surface area (TPSA) is 111 Å². The Hall–Kier alpha value is -1.67. The van der Waals surface area contributed by atoms with Crippen molar-refractivity contribution in [3.05, 3.63) is 6.20 Å². The summed E-state index contributed by atoms with van der Waals surface area (Å²) in [5.41, 5.74) is 5.24. The summed E-state index contributed by atoms with van der Waals surface area (Å²) in [6, 6.07) is 0. The number of rotatable bonds is 4. The van der Waals surface area contributed by atoms with Gasteiger partial charge in [-0.2, -0.15) is 4.98 Å². The Bertz CT molecular complexity index is 347. The van der Waals surface area contributed by atoms with Crippen molar-refractivity contribution < 1.29 is 24.1 Å². The van der Waals surface area contributed by atoms with Gasteiger partial charge in [0.15, 0.2) is 6.67 Å². The van der Waals surface area contributed by atoms with E-state index in [1.807, 2.05) is 0 Å². The van der Waals surface area contributed by atoms with E-state index < -0.39 is 12.6 Å². The molecule has 0 spiro atoms. The SMILES string of the molecule is COc1nc(N)ncc1OC(O)(O)CF. The number of nitrogen functional groups attached to an aromatic ring is 1. The van der Waals surface area contributed by atoms with E-state index in [1.165, 1.54) is 7.11 Å². The first-order chi connectivity index (χ1) is 6.98. The van der Waals surface area contributed by atoms with Crippen molar-refractivity contribution in [3.8, 4) is 11.6 Å². The molecule has 0 fully saturated rings. The lowest BCUT2D eigenvalue weighted by atomic mass is 10.5. The van der Waals surface area contributed by atoms with Crippen LogP contribution >= 0.6 is 0 Å². The number of hydrogen-bond donors (Lipinski definition) is 3. The zero-order chi connectivity index (χ0) is 11.5. The second-order valence-corrected chi connectivity index (χ2v) is 2.58. The molecule has 0 aliphatic heterocycles. The molecule has 0 saturated heterocycles. The number of aliphatic hydroxyl groups is 2. The van der Waals surface area contributed by atoms with Gasteiger partial charge in [0.2, 0.25) is 11.7 Å². The molecule has 4 N–H and O–H groups in total. The highest BCUT2D eigenvalue weighted by Crippen LogP contribution is 2.26. The summed E-state index contributed by atoms with van der Waals surface area (Å²) in [4.78, 5) is 7.11. The van der Waals surface area contributed by atoms with E-state index in [-0.39, 0.29) is 17.6 Å². The maximum atomic E-state index is 12.0. The Morgan fingerprint density at radius 2 is 2.27 bits per heavy atom. The molecular weight excluding hydrogens is 209 g/mol. The minimum absolute atomic E-state index is 0.0825.